The van der Waals surface area contributed by atoms with Gasteiger partial charge < -0.3 is 10.3 Å². The van der Waals surface area contributed by atoms with Crippen LogP contribution in [0.4, 0.5) is 10.2 Å². The van der Waals surface area contributed by atoms with E-state index in [4.69, 9.17) is 5.73 Å². The van der Waals surface area contributed by atoms with Crippen LogP contribution >= 0.6 is 0 Å². The molecule has 1 aromatic carbocycles. The molecule has 0 aliphatic heterocycles. The minimum absolute atomic E-state index is 0.0488. The zero-order chi connectivity index (χ0) is 14.0. The van der Waals surface area contributed by atoms with Gasteiger partial charge in [0.2, 0.25) is 0 Å². The Balaban J connectivity index is 2.17. The van der Waals surface area contributed by atoms with Crippen LogP contribution in [0.3, 0.4) is 0 Å². The van der Waals surface area contributed by atoms with E-state index in [1.807, 2.05) is 0 Å². The van der Waals surface area contributed by atoms with Gasteiger partial charge in [0.25, 0.3) is 10.0 Å². The second kappa shape index (κ2) is 4.98. The Kier molecular flexibility index (Phi) is 3.54. The van der Waals surface area contributed by atoms with E-state index in [1.165, 1.54) is 42.2 Å². The Morgan fingerprint density at radius 1 is 1.37 bits per heavy atom. The number of sulfonamides is 1. The number of nitrogens with two attached hydrogens (primary N) is 1. The highest BCUT2D eigenvalue weighted by molar-refractivity contribution is 7.89. The summed E-state index contributed by atoms with van der Waals surface area (Å²) in [6, 6.07) is 5.54. The average molecular weight is 284 g/mol. The number of halogens is 1. The molecule has 19 heavy (non-hydrogen) atoms. The maximum Gasteiger partial charge on any atom is 0.260 e. The molecular weight excluding hydrogens is 271 g/mol. The Labute approximate surface area is 110 Å². The van der Waals surface area contributed by atoms with Crippen molar-refractivity contribution in [2.24, 2.45) is 7.05 Å². The number of hydrogen-bond donors (Lipinski definition) is 2. The van der Waals surface area contributed by atoms with E-state index in [0.29, 0.717) is 5.56 Å². The van der Waals surface area contributed by atoms with Crippen molar-refractivity contribution in [1.29, 1.82) is 0 Å². The second-order valence-electron chi connectivity index (χ2n) is 4.00. The van der Waals surface area contributed by atoms with Crippen molar-refractivity contribution in [3.8, 4) is 0 Å². The van der Waals surface area contributed by atoms with Gasteiger partial charge in [0.05, 0.1) is 6.33 Å². The molecule has 3 N–H and O–H groups in total. The molecule has 0 radical (unpaired) electrons. The molecule has 1 heterocycles. The Morgan fingerprint density at radius 3 is 2.53 bits per heavy atom. The molecule has 0 saturated heterocycles. The second-order valence-corrected chi connectivity index (χ2v) is 5.68. The summed E-state index contributed by atoms with van der Waals surface area (Å²) >= 11 is 0. The number of aryl methyl sites for hydroxylation is 1. The summed E-state index contributed by atoms with van der Waals surface area (Å²) in [7, 11) is -2.22. The van der Waals surface area contributed by atoms with E-state index in [-0.39, 0.29) is 23.2 Å². The van der Waals surface area contributed by atoms with Crippen molar-refractivity contribution in [3.05, 3.63) is 42.0 Å². The van der Waals surface area contributed by atoms with Gasteiger partial charge in [-0.25, -0.2) is 22.5 Å². The van der Waals surface area contributed by atoms with E-state index in [0.717, 1.165) is 0 Å². The van der Waals surface area contributed by atoms with E-state index >= 15 is 0 Å². The third-order valence-corrected chi connectivity index (χ3v) is 4.07. The summed E-state index contributed by atoms with van der Waals surface area (Å²) in [6.45, 7) is 0.0488. The predicted octanol–water partition coefficient (Wildman–Crippen LogP) is 0.620. The fourth-order valence-corrected chi connectivity index (χ4v) is 2.86. The molecular formula is C11H13FN4O2S. The molecule has 0 aliphatic rings. The molecule has 0 saturated carbocycles. The quantitative estimate of drug-likeness (QED) is 0.861. The number of aromatic nitrogens is 2. The lowest BCUT2D eigenvalue weighted by Gasteiger charge is -2.08. The fourth-order valence-electron chi connectivity index (χ4n) is 1.61. The summed E-state index contributed by atoms with van der Waals surface area (Å²) in [6.07, 6.45) is 1.32. The van der Waals surface area contributed by atoms with Gasteiger partial charge in [-0.1, -0.05) is 12.1 Å². The summed E-state index contributed by atoms with van der Waals surface area (Å²) in [5.74, 6) is -0.434. The molecule has 1 aromatic heterocycles. The predicted molar refractivity (Wildman–Crippen MR) is 68.0 cm³/mol. The van der Waals surface area contributed by atoms with Crippen LogP contribution in [-0.2, 0) is 23.6 Å². The zero-order valence-corrected chi connectivity index (χ0v) is 11.0. The number of nitrogens with one attached hydrogen (secondary N) is 1. The first-order valence-corrected chi connectivity index (χ1v) is 6.89. The highest BCUT2D eigenvalue weighted by Crippen LogP contribution is 2.15. The highest BCUT2D eigenvalue weighted by atomic mass is 32.2. The molecule has 0 bridgehead atoms. The first-order chi connectivity index (χ1) is 8.90. The molecule has 102 valence electrons. The van der Waals surface area contributed by atoms with Crippen LogP contribution in [0.25, 0.3) is 0 Å². The molecule has 0 aliphatic carbocycles. The van der Waals surface area contributed by atoms with Crippen molar-refractivity contribution in [3.63, 3.8) is 0 Å². The normalized spacial score (nSPS) is 11.7. The van der Waals surface area contributed by atoms with Gasteiger partial charge in [0.1, 0.15) is 5.82 Å². The standard InChI is InChI=1S/C11H13FN4O2S/c1-16-7-14-10(13)11(16)19(17,18)15-6-8-2-4-9(12)5-3-8/h2-5,7,15H,6,13H2,1H3. The lowest BCUT2D eigenvalue weighted by molar-refractivity contribution is 0.571. The Morgan fingerprint density at radius 2 is 2.00 bits per heavy atom. The van der Waals surface area contributed by atoms with E-state index in [2.05, 4.69) is 9.71 Å². The van der Waals surface area contributed by atoms with Gasteiger partial charge in [0, 0.05) is 13.6 Å². The van der Waals surface area contributed by atoms with Crippen LogP contribution in [0.5, 0.6) is 0 Å². The number of imidazole rings is 1. The van der Waals surface area contributed by atoms with Crippen LogP contribution in [0, 0.1) is 5.82 Å². The number of benzene rings is 1. The molecule has 0 unspecified atom stereocenters. The number of nitrogens with zero attached hydrogens (tertiary/aromatic N) is 2. The summed E-state index contributed by atoms with van der Waals surface area (Å²) in [5.41, 5.74) is 6.16. The monoisotopic (exact) mass is 284 g/mol. The molecule has 2 aromatic rings. The third-order valence-electron chi connectivity index (χ3n) is 2.54. The van der Waals surface area contributed by atoms with Crippen molar-refractivity contribution < 1.29 is 12.8 Å². The highest BCUT2D eigenvalue weighted by Gasteiger charge is 2.21. The largest absolute Gasteiger partial charge is 0.381 e. The van der Waals surface area contributed by atoms with Crippen LogP contribution in [0.15, 0.2) is 35.6 Å². The Bertz CT molecular complexity index is 660. The number of anilines is 1. The van der Waals surface area contributed by atoms with Crippen molar-refractivity contribution in [2.75, 3.05) is 5.73 Å². The van der Waals surface area contributed by atoms with Crippen LogP contribution in [0.1, 0.15) is 5.56 Å². The van der Waals surface area contributed by atoms with Gasteiger partial charge in [-0.2, -0.15) is 0 Å². The number of hydrogen-bond acceptors (Lipinski definition) is 4. The van der Waals surface area contributed by atoms with Gasteiger partial charge in [0.15, 0.2) is 10.8 Å². The number of nitrogen functional groups attached to an aromatic ring is 1. The molecule has 8 heteroatoms. The van der Waals surface area contributed by atoms with Crippen molar-refractivity contribution in [1.82, 2.24) is 14.3 Å². The molecule has 0 amide bonds. The lowest BCUT2D eigenvalue weighted by atomic mass is 10.2. The van der Waals surface area contributed by atoms with Crippen LogP contribution in [-0.4, -0.2) is 18.0 Å². The smallest absolute Gasteiger partial charge is 0.260 e. The molecule has 2 rings (SSSR count). The lowest BCUT2D eigenvalue weighted by Crippen LogP contribution is -2.25. The van der Waals surface area contributed by atoms with Gasteiger partial charge in [-0.3, -0.25) is 0 Å². The van der Waals surface area contributed by atoms with Crippen molar-refractivity contribution in [2.45, 2.75) is 11.6 Å². The first kappa shape index (κ1) is 13.5. The fraction of sp³-hybridized carbons (Fsp3) is 0.182. The third kappa shape index (κ3) is 2.91. The van der Waals surface area contributed by atoms with Crippen molar-refractivity contribution >= 4 is 15.8 Å². The molecule has 0 spiro atoms. The van der Waals surface area contributed by atoms with E-state index in [9.17, 15) is 12.8 Å². The van der Waals surface area contributed by atoms with E-state index < -0.39 is 10.0 Å². The van der Waals surface area contributed by atoms with Gasteiger partial charge in [-0.15, -0.1) is 0 Å². The first-order valence-electron chi connectivity index (χ1n) is 5.41. The van der Waals surface area contributed by atoms with Crippen LogP contribution < -0.4 is 10.5 Å². The maximum atomic E-state index is 12.7. The average Bonchev–Trinajstić information content (AvgIpc) is 2.69. The van der Waals surface area contributed by atoms with Gasteiger partial charge in [-0.05, 0) is 17.7 Å². The minimum Gasteiger partial charge on any atom is -0.381 e. The SMILES string of the molecule is Cn1cnc(N)c1S(=O)(=O)NCc1ccc(F)cc1. The molecule has 0 fully saturated rings. The van der Waals surface area contributed by atoms with Gasteiger partial charge >= 0.3 is 0 Å². The van der Waals surface area contributed by atoms with Crippen LogP contribution in [0.2, 0.25) is 0 Å². The summed E-state index contributed by atoms with van der Waals surface area (Å²) in [4.78, 5) is 3.72. The maximum absolute atomic E-state index is 12.7. The zero-order valence-electron chi connectivity index (χ0n) is 10.2. The summed E-state index contributed by atoms with van der Waals surface area (Å²) in [5, 5.41) is -0.0883. The topological polar surface area (TPSA) is 90.0 Å². The minimum atomic E-state index is -3.75. The summed E-state index contributed by atoms with van der Waals surface area (Å²) < 4.78 is 40.5. The van der Waals surface area contributed by atoms with E-state index in [1.54, 1.807) is 0 Å². The Hall–Kier alpha value is -1.93. The molecule has 0 atom stereocenters. The molecule has 6 nitrogen and oxygen atoms in total. The number of rotatable bonds is 4.